The van der Waals surface area contributed by atoms with E-state index in [0.717, 1.165) is 66.1 Å². The lowest BCUT2D eigenvalue weighted by atomic mass is 9.96. The molecule has 7 rings (SSSR count). The van der Waals surface area contributed by atoms with Crippen molar-refractivity contribution in [3.8, 4) is 0 Å². The molecule has 3 fully saturated rings. The number of aryl methyl sites for hydroxylation is 1. The number of aromatic nitrogens is 1. The lowest BCUT2D eigenvalue weighted by molar-refractivity contribution is -0.150. The van der Waals surface area contributed by atoms with E-state index in [1.807, 2.05) is 79.7 Å². The van der Waals surface area contributed by atoms with Crippen LogP contribution in [-0.2, 0) is 62.6 Å². The molecule has 4 aromatic rings. The summed E-state index contributed by atoms with van der Waals surface area (Å²) in [4.78, 5) is 101. The second-order valence-corrected chi connectivity index (χ2v) is 17.2. The second-order valence-electron chi connectivity index (χ2n) is 17.2. The molecule has 65 heavy (non-hydrogen) atoms. The van der Waals surface area contributed by atoms with E-state index in [2.05, 4.69) is 26.3 Å². The quantitative estimate of drug-likeness (QED) is 0.0649. The first-order valence-corrected chi connectivity index (χ1v) is 22.5. The molecule has 1 saturated heterocycles. The molecule has 5 amide bonds. The van der Waals surface area contributed by atoms with E-state index < -0.39 is 78.3 Å². The topological polar surface area (TPSA) is 214 Å². The van der Waals surface area contributed by atoms with Crippen molar-refractivity contribution in [1.82, 2.24) is 31.2 Å². The van der Waals surface area contributed by atoms with Gasteiger partial charge in [-0.05, 0) is 80.0 Å². The Kier molecular flexibility index (Phi) is 15.5. The van der Waals surface area contributed by atoms with E-state index >= 15 is 0 Å². The highest BCUT2D eigenvalue weighted by atomic mass is 16.5. The summed E-state index contributed by atoms with van der Waals surface area (Å²) in [5.41, 5.74) is 3.91. The number of benzene rings is 3. The van der Waals surface area contributed by atoms with Crippen LogP contribution >= 0.6 is 0 Å². The monoisotopic (exact) mass is 890 g/mol. The Morgan fingerprint density at radius 2 is 1.31 bits per heavy atom. The summed E-state index contributed by atoms with van der Waals surface area (Å²) in [6.07, 6.45) is 3.94. The fourth-order valence-electron chi connectivity index (χ4n) is 8.94. The molecule has 2 saturated carbocycles. The van der Waals surface area contributed by atoms with Crippen molar-refractivity contribution in [2.45, 2.75) is 115 Å². The van der Waals surface area contributed by atoms with Crippen LogP contribution in [0, 0.1) is 18.8 Å². The van der Waals surface area contributed by atoms with Crippen LogP contribution in [0.5, 0.6) is 0 Å². The van der Waals surface area contributed by atoms with Crippen LogP contribution < -0.4 is 21.3 Å². The van der Waals surface area contributed by atoms with Crippen molar-refractivity contribution < 1.29 is 47.8 Å². The Labute approximate surface area is 377 Å². The van der Waals surface area contributed by atoms with Gasteiger partial charge in [0.05, 0.1) is 13.5 Å². The zero-order valence-electron chi connectivity index (χ0n) is 36.8. The number of likely N-dealkylation sites (tertiary alicyclic amines) is 1. The maximum absolute atomic E-state index is 14.5. The molecule has 5 atom stereocenters. The van der Waals surface area contributed by atoms with Crippen LogP contribution in [0.1, 0.15) is 80.2 Å². The molecule has 3 aliphatic rings. The summed E-state index contributed by atoms with van der Waals surface area (Å²) >= 11 is 0. The molecule has 16 nitrogen and oxygen atoms in total. The predicted octanol–water partition coefficient (Wildman–Crippen LogP) is 4.67. The first-order valence-electron chi connectivity index (χ1n) is 22.5. The molecule has 2 heterocycles. The minimum Gasteiger partial charge on any atom is -0.469 e. The smallest absolute Gasteiger partial charge is 0.408 e. The minimum absolute atomic E-state index is 0.00691. The highest BCUT2D eigenvalue weighted by molar-refractivity contribution is 5.98. The van der Waals surface area contributed by atoms with Crippen molar-refractivity contribution in [1.29, 1.82) is 0 Å². The number of nitrogens with zero attached hydrogens (tertiary/aromatic N) is 1. The van der Waals surface area contributed by atoms with Gasteiger partial charge >= 0.3 is 18.0 Å². The number of carbonyl (C=O) groups is 7. The minimum atomic E-state index is -1.48. The number of ether oxygens (including phenoxy) is 3. The highest BCUT2D eigenvalue weighted by Gasteiger charge is 2.44. The van der Waals surface area contributed by atoms with Crippen molar-refractivity contribution in [3.05, 3.63) is 107 Å². The number of esters is 2. The van der Waals surface area contributed by atoms with Gasteiger partial charge in [-0.3, -0.25) is 24.0 Å². The SMILES string of the molecule is COC(=O)C[C@@H](NC(=O)[C@@H](Cc1c(C)[nH]c2ccccc12)NC(=O)OCc1ccccc1)C(=O)N1CCC[C@H]1C(=O)N[C@@H](C(=O)NC(C(=O)OCc1ccccc1)C1CC1)C1CCCC1. The molecule has 1 unspecified atom stereocenters. The number of aromatic amines is 1. The lowest BCUT2D eigenvalue weighted by Gasteiger charge is -2.31. The van der Waals surface area contributed by atoms with Crippen LogP contribution in [0.15, 0.2) is 84.9 Å². The van der Waals surface area contributed by atoms with Gasteiger partial charge in [0.25, 0.3) is 0 Å². The number of rotatable bonds is 19. The van der Waals surface area contributed by atoms with E-state index in [1.165, 1.54) is 4.90 Å². The van der Waals surface area contributed by atoms with Crippen LogP contribution in [0.25, 0.3) is 10.9 Å². The maximum Gasteiger partial charge on any atom is 0.408 e. The number of amides is 5. The largest absolute Gasteiger partial charge is 0.469 e. The number of hydrogen-bond donors (Lipinski definition) is 5. The number of alkyl carbamates (subject to hydrolysis) is 1. The Morgan fingerprint density at radius 3 is 1.97 bits per heavy atom. The Hall–Kier alpha value is -6.71. The zero-order valence-corrected chi connectivity index (χ0v) is 36.8. The Bertz CT molecular complexity index is 2330. The molecular weight excluding hydrogens is 833 g/mol. The third-order valence-electron chi connectivity index (χ3n) is 12.6. The van der Waals surface area contributed by atoms with E-state index in [9.17, 15) is 33.6 Å². The number of H-pyrrole nitrogens is 1. The van der Waals surface area contributed by atoms with Gasteiger partial charge in [0.2, 0.25) is 23.6 Å². The zero-order chi connectivity index (χ0) is 45.9. The normalized spacial score (nSPS) is 17.9. The van der Waals surface area contributed by atoms with E-state index in [4.69, 9.17) is 14.2 Å². The van der Waals surface area contributed by atoms with Crippen molar-refractivity contribution in [3.63, 3.8) is 0 Å². The molecule has 0 radical (unpaired) electrons. The van der Waals surface area contributed by atoms with Crippen molar-refractivity contribution in [2.24, 2.45) is 11.8 Å². The van der Waals surface area contributed by atoms with Crippen LogP contribution in [0.3, 0.4) is 0 Å². The Balaban J connectivity index is 1.06. The predicted molar refractivity (Wildman–Crippen MR) is 238 cm³/mol. The summed E-state index contributed by atoms with van der Waals surface area (Å²) in [5, 5.41) is 12.1. The van der Waals surface area contributed by atoms with E-state index in [0.29, 0.717) is 19.3 Å². The molecule has 0 spiro atoms. The molecular formula is C49H58N6O10. The molecule has 344 valence electrons. The van der Waals surface area contributed by atoms with Gasteiger partial charge in [-0.15, -0.1) is 0 Å². The summed E-state index contributed by atoms with van der Waals surface area (Å²) < 4.78 is 16.0. The Morgan fingerprint density at radius 1 is 0.677 bits per heavy atom. The first kappa shape index (κ1) is 46.3. The van der Waals surface area contributed by atoms with Gasteiger partial charge in [-0.1, -0.05) is 91.7 Å². The number of fused-ring (bicyclic) bond motifs is 1. The maximum atomic E-state index is 14.5. The van der Waals surface area contributed by atoms with E-state index in [-0.39, 0.29) is 44.4 Å². The van der Waals surface area contributed by atoms with Gasteiger partial charge in [-0.25, -0.2) is 9.59 Å². The average molecular weight is 891 g/mol. The molecule has 1 aromatic heterocycles. The first-order chi connectivity index (χ1) is 31.5. The summed E-state index contributed by atoms with van der Waals surface area (Å²) in [6, 6.07) is 20.2. The average Bonchev–Trinajstić information content (AvgIpc) is 3.63. The summed E-state index contributed by atoms with van der Waals surface area (Å²) in [5.74, 6) is -4.10. The summed E-state index contributed by atoms with van der Waals surface area (Å²) in [7, 11) is 1.16. The van der Waals surface area contributed by atoms with Crippen LogP contribution in [0.2, 0.25) is 0 Å². The number of nitrogens with one attached hydrogen (secondary N) is 5. The molecule has 3 aromatic carbocycles. The standard InChI is InChI=1S/C49H58N6O10/c1-30-36(35-20-11-12-21-37(35)50-30)26-38(52-49(62)65-29-32-16-7-4-8-17-32)44(57)51-39(27-41(56)63-2)47(60)55-25-13-22-40(55)45(58)53-42(33-18-9-10-19-33)46(59)54-43(34-23-24-34)48(61)64-28-31-14-5-3-6-15-31/h3-8,11-12,14-17,20-21,33-34,38-40,42-43,50H,9-10,13,18-19,22-29H2,1-2H3,(H,51,57)(H,52,62)(H,53,58)(H,54,59)/t38-,39-,40+,42-,43?/m1/s1. The van der Waals surface area contributed by atoms with Crippen molar-refractivity contribution >= 4 is 52.6 Å². The van der Waals surface area contributed by atoms with Gasteiger partial charge in [0.15, 0.2) is 0 Å². The van der Waals surface area contributed by atoms with Gasteiger partial charge in [-0.2, -0.15) is 0 Å². The van der Waals surface area contributed by atoms with E-state index in [1.54, 1.807) is 12.1 Å². The number of carbonyl (C=O) groups excluding carboxylic acids is 7. The fourth-order valence-corrected chi connectivity index (χ4v) is 8.94. The van der Waals surface area contributed by atoms with Crippen molar-refractivity contribution in [2.75, 3.05) is 13.7 Å². The van der Waals surface area contributed by atoms with Gasteiger partial charge in [0, 0.05) is 29.6 Å². The van der Waals surface area contributed by atoms with Crippen LogP contribution in [-0.4, -0.2) is 95.4 Å². The second kappa shape index (κ2) is 21.8. The molecule has 1 aliphatic heterocycles. The summed E-state index contributed by atoms with van der Waals surface area (Å²) in [6.45, 7) is 2.00. The molecule has 2 aliphatic carbocycles. The third kappa shape index (κ3) is 12.1. The van der Waals surface area contributed by atoms with Gasteiger partial charge < -0.3 is 45.4 Å². The molecule has 0 bridgehead atoms. The lowest BCUT2D eigenvalue weighted by Crippen LogP contribution is -2.60. The van der Waals surface area contributed by atoms with Crippen LogP contribution in [0.4, 0.5) is 4.79 Å². The third-order valence-corrected chi connectivity index (χ3v) is 12.6. The number of methoxy groups -OCH3 is 1. The fraction of sp³-hybridized carbons (Fsp3) is 0.449. The molecule has 16 heteroatoms. The molecule has 5 N–H and O–H groups in total. The van der Waals surface area contributed by atoms with Gasteiger partial charge in [0.1, 0.15) is 43.4 Å². The number of hydrogen-bond acceptors (Lipinski definition) is 10. The number of para-hydroxylation sites is 1. The highest BCUT2D eigenvalue weighted by Crippen LogP contribution is 2.34.